The number of methoxy groups -OCH3 is 2. The summed E-state index contributed by atoms with van der Waals surface area (Å²) in [4.78, 5) is 11.3. The Kier molecular flexibility index (Phi) is 8.12. The molecule has 0 unspecified atom stereocenters. The molecule has 168 valence electrons. The molecular weight excluding hydrogens is 521 g/mol. The van der Waals surface area contributed by atoms with Crippen LogP contribution in [0.2, 0.25) is 10.0 Å². The highest BCUT2D eigenvalue weighted by atomic mass is 79.9. The van der Waals surface area contributed by atoms with Crippen LogP contribution < -0.4 is 19.5 Å². The van der Waals surface area contributed by atoms with Gasteiger partial charge < -0.3 is 24.6 Å². The molecule has 6 nitrogen and oxygen atoms in total. The number of carboxylic acid groups (broad SMARTS) is 1. The molecule has 0 saturated carbocycles. The molecule has 0 aliphatic carbocycles. The van der Waals surface area contributed by atoms with Crippen LogP contribution in [-0.4, -0.2) is 25.3 Å². The van der Waals surface area contributed by atoms with Gasteiger partial charge in [-0.2, -0.15) is 0 Å². The summed E-state index contributed by atoms with van der Waals surface area (Å²) >= 11 is 15.6. The summed E-state index contributed by atoms with van der Waals surface area (Å²) in [6.45, 7) is 0.685. The van der Waals surface area contributed by atoms with Gasteiger partial charge in [0.15, 0.2) is 11.5 Å². The highest BCUT2D eigenvalue weighted by Gasteiger charge is 2.14. The largest absolute Gasteiger partial charge is 0.495 e. The topological polar surface area (TPSA) is 77.0 Å². The molecule has 32 heavy (non-hydrogen) atoms. The number of hydrogen-bond acceptors (Lipinski definition) is 5. The molecule has 0 aliphatic heterocycles. The molecule has 0 saturated heterocycles. The average molecular weight is 541 g/mol. The Labute approximate surface area is 204 Å². The second-order valence-electron chi connectivity index (χ2n) is 6.72. The normalized spacial score (nSPS) is 10.5. The van der Waals surface area contributed by atoms with Crippen molar-refractivity contribution in [2.24, 2.45) is 0 Å². The van der Waals surface area contributed by atoms with Gasteiger partial charge in [-0.05, 0) is 69.5 Å². The molecule has 9 heteroatoms. The second-order valence-corrected chi connectivity index (χ2v) is 8.39. The monoisotopic (exact) mass is 539 g/mol. The van der Waals surface area contributed by atoms with Gasteiger partial charge in [-0.25, -0.2) is 4.79 Å². The van der Waals surface area contributed by atoms with Crippen LogP contribution in [0.25, 0.3) is 0 Å². The number of ether oxygens (including phenoxy) is 3. The highest BCUT2D eigenvalue weighted by molar-refractivity contribution is 9.10. The minimum Gasteiger partial charge on any atom is -0.495 e. The van der Waals surface area contributed by atoms with Crippen molar-refractivity contribution in [2.75, 3.05) is 19.5 Å². The van der Waals surface area contributed by atoms with E-state index in [1.807, 2.05) is 18.2 Å². The van der Waals surface area contributed by atoms with Gasteiger partial charge in [-0.15, -0.1) is 0 Å². The Bertz CT molecular complexity index is 1140. The van der Waals surface area contributed by atoms with Gasteiger partial charge in [-0.1, -0.05) is 29.3 Å². The number of halogens is 3. The van der Waals surface area contributed by atoms with Crippen LogP contribution in [0.4, 0.5) is 5.69 Å². The molecule has 3 aromatic rings. The van der Waals surface area contributed by atoms with Gasteiger partial charge in [0, 0.05) is 6.54 Å². The van der Waals surface area contributed by atoms with Crippen LogP contribution in [0.5, 0.6) is 17.2 Å². The van der Waals surface area contributed by atoms with Crippen molar-refractivity contribution >= 4 is 50.8 Å². The molecule has 0 amide bonds. The van der Waals surface area contributed by atoms with E-state index in [-0.39, 0.29) is 12.2 Å². The van der Waals surface area contributed by atoms with Crippen molar-refractivity contribution in [3.05, 3.63) is 79.7 Å². The standard InChI is InChI=1S/C23H20BrCl2NO5/c1-30-20-6-4-15(23(28)29)10-19(20)27-11-14-7-16(24)22(21(9-14)31-2)32-12-13-3-5-17(25)18(26)8-13/h3-10,27H,11-12H2,1-2H3,(H,28,29). The smallest absolute Gasteiger partial charge is 0.335 e. The third-order valence-electron chi connectivity index (χ3n) is 4.59. The number of carbonyl (C=O) groups is 1. The van der Waals surface area contributed by atoms with E-state index in [0.717, 1.165) is 11.1 Å². The summed E-state index contributed by atoms with van der Waals surface area (Å²) in [5.74, 6) is 0.626. The number of carboxylic acids is 1. The molecule has 0 spiro atoms. The number of benzene rings is 3. The Balaban J connectivity index is 1.77. The molecule has 0 bridgehead atoms. The number of hydrogen-bond donors (Lipinski definition) is 2. The second kappa shape index (κ2) is 10.8. The van der Waals surface area contributed by atoms with Crippen LogP contribution in [0.1, 0.15) is 21.5 Å². The predicted octanol–water partition coefficient (Wildman–Crippen LogP) is 6.66. The fourth-order valence-corrected chi connectivity index (χ4v) is 3.90. The summed E-state index contributed by atoms with van der Waals surface area (Å²) in [6, 6.07) is 13.7. The van der Waals surface area contributed by atoms with E-state index in [1.165, 1.54) is 19.2 Å². The molecule has 0 heterocycles. The van der Waals surface area contributed by atoms with Crippen molar-refractivity contribution in [1.29, 1.82) is 0 Å². The Morgan fingerprint density at radius 2 is 1.72 bits per heavy atom. The summed E-state index contributed by atoms with van der Waals surface area (Å²) in [5, 5.41) is 13.4. The zero-order chi connectivity index (χ0) is 23.3. The fraction of sp³-hybridized carbons (Fsp3) is 0.174. The van der Waals surface area contributed by atoms with E-state index < -0.39 is 5.97 Å². The number of nitrogens with one attached hydrogen (secondary N) is 1. The highest BCUT2D eigenvalue weighted by Crippen LogP contribution is 2.38. The van der Waals surface area contributed by atoms with Crippen molar-refractivity contribution < 1.29 is 24.1 Å². The summed E-state index contributed by atoms with van der Waals surface area (Å²) in [5.41, 5.74) is 2.49. The average Bonchev–Trinajstić information content (AvgIpc) is 2.78. The molecule has 2 N–H and O–H groups in total. The van der Waals surface area contributed by atoms with E-state index in [9.17, 15) is 9.90 Å². The predicted molar refractivity (Wildman–Crippen MR) is 129 cm³/mol. The Morgan fingerprint density at radius 1 is 0.969 bits per heavy atom. The lowest BCUT2D eigenvalue weighted by atomic mass is 10.1. The van der Waals surface area contributed by atoms with Gasteiger partial charge in [0.05, 0.1) is 40.0 Å². The van der Waals surface area contributed by atoms with Gasteiger partial charge in [0.1, 0.15) is 12.4 Å². The maximum Gasteiger partial charge on any atom is 0.335 e. The summed E-state index contributed by atoms with van der Waals surface area (Å²) < 4.78 is 17.5. The van der Waals surface area contributed by atoms with Gasteiger partial charge >= 0.3 is 5.97 Å². The van der Waals surface area contributed by atoms with Gasteiger partial charge in [0.2, 0.25) is 0 Å². The first kappa shape index (κ1) is 24.0. The molecule has 0 radical (unpaired) electrons. The minimum absolute atomic E-state index is 0.165. The van der Waals surface area contributed by atoms with E-state index >= 15 is 0 Å². The SMILES string of the molecule is COc1ccc(C(=O)O)cc1NCc1cc(Br)c(OCc2ccc(Cl)c(Cl)c2)c(OC)c1. The first-order chi connectivity index (χ1) is 15.3. The Morgan fingerprint density at radius 3 is 2.38 bits per heavy atom. The van der Waals surface area contributed by atoms with Crippen LogP contribution in [-0.2, 0) is 13.2 Å². The zero-order valence-corrected chi connectivity index (χ0v) is 20.3. The fourth-order valence-electron chi connectivity index (χ4n) is 2.98. The van der Waals surface area contributed by atoms with Crippen molar-refractivity contribution in [2.45, 2.75) is 13.2 Å². The maximum atomic E-state index is 11.3. The van der Waals surface area contributed by atoms with E-state index in [0.29, 0.717) is 44.0 Å². The molecule has 3 aromatic carbocycles. The number of aromatic carboxylic acids is 1. The molecule has 0 aromatic heterocycles. The molecule has 3 rings (SSSR count). The quantitative estimate of drug-likeness (QED) is 0.316. The molecule has 0 aliphatic rings. The van der Waals surface area contributed by atoms with Crippen LogP contribution in [0.15, 0.2) is 53.0 Å². The van der Waals surface area contributed by atoms with E-state index in [1.54, 1.807) is 25.3 Å². The van der Waals surface area contributed by atoms with Gasteiger partial charge in [-0.3, -0.25) is 0 Å². The lowest BCUT2D eigenvalue weighted by molar-refractivity contribution is 0.0697. The minimum atomic E-state index is -1.01. The van der Waals surface area contributed by atoms with Crippen LogP contribution >= 0.6 is 39.1 Å². The molecule has 0 fully saturated rings. The van der Waals surface area contributed by atoms with Crippen LogP contribution in [0, 0.1) is 0 Å². The van der Waals surface area contributed by atoms with Crippen molar-refractivity contribution in [3.63, 3.8) is 0 Å². The molecule has 0 atom stereocenters. The van der Waals surface area contributed by atoms with E-state index in [4.69, 9.17) is 37.4 Å². The van der Waals surface area contributed by atoms with Gasteiger partial charge in [0.25, 0.3) is 0 Å². The first-order valence-corrected chi connectivity index (χ1v) is 11.0. The van der Waals surface area contributed by atoms with E-state index in [2.05, 4.69) is 21.2 Å². The lowest BCUT2D eigenvalue weighted by Crippen LogP contribution is -2.05. The lowest BCUT2D eigenvalue weighted by Gasteiger charge is -2.16. The zero-order valence-electron chi connectivity index (χ0n) is 17.2. The number of anilines is 1. The third-order valence-corrected chi connectivity index (χ3v) is 5.91. The molecular formula is C23H20BrCl2NO5. The van der Waals surface area contributed by atoms with Crippen LogP contribution in [0.3, 0.4) is 0 Å². The Hall–Kier alpha value is -2.61. The summed E-state index contributed by atoms with van der Waals surface area (Å²) in [6.07, 6.45) is 0. The maximum absolute atomic E-state index is 11.3. The first-order valence-electron chi connectivity index (χ1n) is 9.40. The third kappa shape index (κ3) is 5.79. The van der Waals surface area contributed by atoms with Crippen molar-refractivity contribution in [3.8, 4) is 17.2 Å². The number of rotatable bonds is 9. The summed E-state index contributed by atoms with van der Waals surface area (Å²) in [7, 11) is 3.09. The van der Waals surface area contributed by atoms with Crippen molar-refractivity contribution in [1.82, 2.24) is 0 Å².